The van der Waals surface area contributed by atoms with Crippen LogP contribution in [0.3, 0.4) is 0 Å². The Labute approximate surface area is 104 Å². The van der Waals surface area contributed by atoms with Crippen LogP contribution in [0.4, 0.5) is 13.2 Å². The lowest BCUT2D eigenvalue weighted by Gasteiger charge is -2.08. The molecule has 0 radical (unpaired) electrons. The van der Waals surface area contributed by atoms with Gasteiger partial charge in [0.1, 0.15) is 0 Å². The maximum atomic E-state index is 12.3. The molecule has 18 heavy (non-hydrogen) atoms. The Hall–Kier alpha value is -1.36. The summed E-state index contributed by atoms with van der Waals surface area (Å²) in [6, 6.07) is 4.72. The van der Waals surface area contributed by atoms with Crippen LogP contribution in [0.2, 0.25) is 0 Å². The molecule has 0 aliphatic rings. The third-order valence-corrected chi connectivity index (χ3v) is 2.59. The fourth-order valence-corrected chi connectivity index (χ4v) is 1.55. The van der Waals surface area contributed by atoms with E-state index in [1.807, 2.05) is 0 Å². The molecular formula is C13H16F3NO. The Morgan fingerprint density at radius 2 is 1.78 bits per heavy atom. The largest absolute Gasteiger partial charge is 0.416 e. The van der Waals surface area contributed by atoms with Crippen molar-refractivity contribution in [2.24, 2.45) is 0 Å². The minimum atomic E-state index is -4.32. The zero-order valence-corrected chi connectivity index (χ0v) is 10.2. The quantitative estimate of drug-likeness (QED) is 0.610. The van der Waals surface area contributed by atoms with E-state index in [4.69, 9.17) is 10.1 Å². The van der Waals surface area contributed by atoms with Crippen LogP contribution in [0, 0.1) is 5.41 Å². The molecule has 0 saturated heterocycles. The van der Waals surface area contributed by atoms with Crippen LogP contribution in [-0.4, -0.2) is 19.4 Å². The van der Waals surface area contributed by atoms with Gasteiger partial charge in [-0.3, -0.25) is 0 Å². The number of hydrogen-bond donors (Lipinski definition) is 1. The lowest BCUT2D eigenvalue weighted by Crippen LogP contribution is -2.06. The maximum absolute atomic E-state index is 12.3. The van der Waals surface area contributed by atoms with Gasteiger partial charge in [0, 0.05) is 19.4 Å². The first-order valence-electron chi connectivity index (χ1n) is 5.69. The third kappa shape index (κ3) is 4.49. The van der Waals surface area contributed by atoms with E-state index < -0.39 is 11.7 Å². The number of ether oxygens (including phenoxy) is 1. The molecule has 0 atom stereocenters. The lowest BCUT2D eigenvalue weighted by molar-refractivity contribution is -0.137. The standard InChI is InChI=1S/C13H16F3NO/c1-18-9-3-2-4-12(17)10-5-7-11(8-6-10)13(14,15)16/h5-8,17H,2-4,9H2,1H3. The SMILES string of the molecule is COCCCCC(=N)c1ccc(C(F)(F)F)cc1. The van der Waals surface area contributed by atoms with E-state index in [-0.39, 0.29) is 0 Å². The Balaban J connectivity index is 2.54. The highest BCUT2D eigenvalue weighted by Gasteiger charge is 2.29. The first kappa shape index (κ1) is 14.7. The summed E-state index contributed by atoms with van der Waals surface area (Å²) in [5.74, 6) is 0. The summed E-state index contributed by atoms with van der Waals surface area (Å²) in [5, 5.41) is 7.77. The van der Waals surface area contributed by atoms with Gasteiger partial charge in [-0.2, -0.15) is 13.2 Å². The fraction of sp³-hybridized carbons (Fsp3) is 0.462. The van der Waals surface area contributed by atoms with Crippen molar-refractivity contribution in [3.05, 3.63) is 35.4 Å². The first-order chi connectivity index (χ1) is 8.45. The molecule has 0 fully saturated rings. The van der Waals surface area contributed by atoms with Crippen molar-refractivity contribution in [2.45, 2.75) is 25.4 Å². The zero-order chi connectivity index (χ0) is 13.6. The summed E-state index contributed by atoms with van der Waals surface area (Å²) in [6.45, 7) is 0.639. The van der Waals surface area contributed by atoms with Gasteiger partial charge in [0.05, 0.1) is 5.56 Å². The number of benzene rings is 1. The van der Waals surface area contributed by atoms with E-state index >= 15 is 0 Å². The van der Waals surface area contributed by atoms with E-state index in [0.717, 1.165) is 25.0 Å². The predicted molar refractivity (Wildman–Crippen MR) is 64.0 cm³/mol. The molecule has 2 nitrogen and oxygen atoms in total. The van der Waals surface area contributed by atoms with Crippen molar-refractivity contribution in [3.63, 3.8) is 0 Å². The van der Waals surface area contributed by atoms with E-state index in [0.29, 0.717) is 24.3 Å². The van der Waals surface area contributed by atoms with Gasteiger partial charge in [0.2, 0.25) is 0 Å². The average molecular weight is 259 g/mol. The van der Waals surface area contributed by atoms with E-state index in [1.54, 1.807) is 7.11 Å². The summed E-state index contributed by atoms with van der Waals surface area (Å²) in [4.78, 5) is 0. The highest BCUT2D eigenvalue weighted by atomic mass is 19.4. The summed E-state index contributed by atoms with van der Waals surface area (Å²) < 4.78 is 41.9. The van der Waals surface area contributed by atoms with Crippen molar-refractivity contribution in [1.82, 2.24) is 0 Å². The van der Waals surface area contributed by atoms with Crippen molar-refractivity contribution in [2.75, 3.05) is 13.7 Å². The van der Waals surface area contributed by atoms with Crippen molar-refractivity contribution in [1.29, 1.82) is 5.41 Å². The fourth-order valence-electron chi connectivity index (χ4n) is 1.55. The van der Waals surface area contributed by atoms with Crippen molar-refractivity contribution >= 4 is 5.71 Å². The Morgan fingerprint density at radius 1 is 1.17 bits per heavy atom. The summed E-state index contributed by atoms with van der Waals surface area (Å²) >= 11 is 0. The highest BCUT2D eigenvalue weighted by Crippen LogP contribution is 2.29. The number of rotatable bonds is 6. The molecule has 0 aliphatic heterocycles. The van der Waals surface area contributed by atoms with Gasteiger partial charge in [-0.1, -0.05) is 12.1 Å². The molecule has 1 aromatic carbocycles. The molecule has 0 saturated carbocycles. The van der Waals surface area contributed by atoms with Gasteiger partial charge < -0.3 is 10.1 Å². The molecule has 100 valence electrons. The van der Waals surface area contributed by atoms with E-state index in [2.05, 4.69) is 0 Å². The van der Waals surface area contributed by atoms with Crippen LogP contribution in [0.5, 0.6) is 0 Å². The second-order valence-electron chi connectivity index (χ2n) is 4.00. The molecule has 0 aromatic heterocycles. The minimum Gasteiger partial charge on any atom is -0.385 e. The molecule has 5 heteroatoms. The third-order valence-electron chi connectivity index (χ3n) is 2.59. The lowest BCUT2D eigenvalue weighted by atomic mass is 10.0. The highest BCUT2D eigenvalue weighted by molar-refractivity contribution is 5.98. The van der Waals surface area contributed by atoms with Crippen molar-refractivity contribution in [3.8, 4) is 0 Å². The summed E-state index contributed by atoms with van der Waals surface area (Å²) in [7, 11) is 1.61. The second kappa shape index (κ2) is 6.54. The van der Waals surface area contributed by atoms with Crippen LogP contribution < -0.4 is 0 Å². The first-order valence-corrected chi connectivity index (χ1v) is 5.69. The number of hydrogen-bond acceptors (Lipinski definition) is 2. The van der Waals surface area contributed by atoms with Gasteiger partial charge in [-0.25, -0.2) is 0 Å². The van der Waals surface area contributed by atoms with Gasteiger partial charge >= 0.3 is 6.18 Å². The Bertz CT molecular complexity index is 384. The minimum absolute atomic E-state index is 0.361. The van der Waals surface area contributed by atoms with Crippen LogP contribution in [-0.2, 0) is 10.9 Å². The van der Waals surface area contributed by atoms with Crippen molar-refractivity contribution < 1.29 is 17.9 Å². The maximum Gasteiger partial charge on any atom is 0.416 e. The molecule has 0 amide bonds. The number of nitrogens with one attached hydrogen (secondary N) is 1. The van der Waals surface area contributed by atoms with Crippen LogP contribution in [0.25, 0.3) is 0 Å². The second-order valence-corrected chi connectivity index (χ2v) is 4.00. The van der Waals surface area contributed by atoms with Gasteiger partial charge in [0.15, 0.2) is 0 Å². The Kier molecular flexibility index (Phi) is 5.34. The van der Waals surface area contributed by atoms with Crippen LogP contribution in [0.15, 0.2) is 24.3 Å². The van der Waals surface area contributed by atoms with Gasteiger partial charge in [-0.05, 0) is 37.0 Å². The molecule has 1 aromatic rings. The molecule has 1 rings (SSSR count). The number of unbranched alkanes of at least 4 members (excludes halogenated alkanes) is 1. The Morgan fingerprint density at radius 3 is 2.28 bits per heavy atom. The van der Waals surface area contributed by atoms with Crippen LogP contribution >= 0.6 is 0 Å². The number of alkyl halides is 3. The monoisotopic (exact) mass is 259 g/mol. The van der Waals surface area contributed by atoms with E-state index in [1.165, 1.54) is 12.1 Å². The van der Waals surface area contributed by atoms with Gasteiger partial charge in [0.25, 0.3) is 0 Å². The molecule has 0 spiro atoms. The molecule has 0 heterocycles. The number of halogens is 3. The summed E-state index contributed by atoms with van der Waals surface area (Å²) in [6.07, 6.45) is -2.12. The molecule has 0 unspecified atom stereocenters. The zero-order valence-electron chi connectivity index (χ0n) is 10.2. The average Bonchev–Trinajstić information content (AvgIpc) is 2.33. The topological polar surface area (TPSA) is 33.1 Å². The molecule has 1 N–H and O–H groups in total. The smallest absolute Gasteiger partial charge is 0.385 e. The molecule has 0 bridgehead atoms. The molecule has 0 aliphatic carbocycles. The van der Waals surface area contributed by atoms with E-state index in [9.17, 15) is 13.2 Å². The van der Waals surface area contributed by atoms with Gasteiger partial charge in [-0.15, -0.1) is 0 Å². The van der Waals surface area contributed by atoms with Crippen LogP contribution in [0.1, 0.15) is 30.4 Å². The normalized spacial score (nSPS) is 11.6. The number of methoxy groups -OCH3 is 1. The molecular weight excluding hydrogens is 243 g/mol. The summed E-state index contributed by atoms with van der Waals surface area (Å²) in [5.41, 5.74) is 0.221. The predicted octanol–water partition coefficient (Wildman–Crippen LogP) is 3.89.